The highest BCUT2D eigenvalue weighted by Crippen LogP contribution is 2.05. The fourth-order valence-electron chi connectivity index (χ4n) is 1.27. The third kappa shape index (κ3) is 4.41. The summed E-state index contributed by atoms with van der Waals surface area (Å²) >= 11 is 0. The SMILES string of the molecule is C1=CCOC=C1.C=CN1CCCC1. The second-order valence-corrected chi connectivity index (χ2v) is 3.02. The molecule has 0 aromatic carbocycles. The predicted molar refractivity (Wildman–Crippen MR) is 55.2 cm³/mol. The largest absolute Gasteiger partial charge is 0.497 e. The molecule has 0 saturated carbocycles. The van der Waals surface area contributed by atoms with E-state index in [0.29, 0.717) is 0 Å². The van der Waals surface area contributed by atoms with Gasteiger partial charge in [-0.25, -0.2) is 0 Å². The van der Waals surface area contributed by atoms with Gasteiger partial charge < -0.3 is 9.64 Å². The van der Waals surface area contributed by atoms with Crippen molar-refractivity contribution >= 4 is 0 Å². The zero-order chi connectivity index (χ0) is 9.36. The molecule has 0 atom stereocenters. The Morgan fingerprint density at radius 1 is 1.23 bits per heavy atom. The van der Waals surface area contributed by atoms with Crippen LogP contribution in [0.15, 0.2) is 37.3 Å². The monoisotopic (exact) mass is 179 g/mol. The summed E-state index contributed by atoms with van der Waals surface area (Å²) in [6.07, 6.45) is 12.1. The van der Waals surface area contributed by atoms with Crippen molar-refractivity contribution in [1.82, 2.24) is 4.90 Å². The highest BCUT2D eigenvalue weighted by molar-refractivity contribution is 5.02. The first-order valence-corrected chi connectivity index (χ1v) is 4.73. The van der Waals surface area contributed by atoms with Crippen LogP contribution in [0, 0.1) is 0 Å². The van der Waals surface area contributed by atoms with Gasteiger partial charge in [-0.1, -0.05) is 12.7 Å². The van der Waals surface area contributed by atoms with Crippen LogP contribution < -0.4 is 0 Å². The minimum absolute atomic E-state index is 0.733. The zero-order valence-corrected chi connectivity index (χ0v) is 7.98. The van der Waals surface area contributed by atoms with Crippen LogP contribution in [0.25, 0.3) is 0 Å². The lowest BCUT2D eigenvalue weighted by Crippen LogP contribution is -2.08. The molecule has 13 heavy (non-hydrogen) atoms. The summed E-state index contributed by atoms with van der Waals surface area (Å²) in [5.41, 5.74) is 0. The van der Waals surface area contributed by atoms with Crippen LogP contribution >= 0.6 is 0 Å². The summed E-state index contributed by atoms with van der Waals surface area (Å²) < 4.78 is 4.80. The Bertz CT molecular complexity index is 178. The molecule has 0 N–H and O–H groups in total. The molecule has 72 valence electrons. The Morgan fingerprint density at radius 3 is 2.23 bits per heavy atom. The minimum Gasteiger partial charge on any atom is -0.497 e. The van der Waals surface area contributed by atoms with Gasteiger partial charge in [-0.3, -0.25) is 0 Å². The van der Waals surface area contributed by atoms with Gasteiger partial charge >= 0.3 is 0 Å². The smallest absolute Gasteiger partial charge is 0.106 e. The summed E-state index contributed by atoms with van der Waals surface area (Å²) in [5.74, 6) is 0. The third-order valence-electron chi connectivity index (χ3n) is 2.01. The number of hydrogen-bond acceptors (Lipinski definition) is 2. The number of nitrogens with zero attached hydrogens (tertiary/aromatic N) is 1. The van der Waals surface area contributed by atoms with Crippen molar-refractivity contribution in [3.63, 3.8) is 0 Å². The first kappa shape index (κ1) is 9.90. The van der Waals surface area contributed by atoms with E-state index in [0.717, 1.165) is 6.61 Å². The molecule has 0 radical (unpaired) electrons. The van der Waals surface area contributed by atoms with Crippen molar-refractivity contribution in [3.8, 4) is 0 Å². The van der Waals surface area contributed by atoms with Crippen LogP contribution in [0.5, 0.6) is 0 Å². The molecular formula is C11H17NO. The molecule has 0 unspecified atom stereocenters. The van der Waals surface area contributed by atoms with E-state index in [1.165, 1.54) is 25.9 Å². The van der Waals surface area contributed by atoms with Gasteiger partial charge in [-0.15, -0.1) is 0 Å². The van der Waals surface area contributed by atoms with Gasteiger partial charge in [0.25, 0.3) is 0 Å². The molecule has 0 aromatic rings. The second kappa shape index (κ2) is 6.35. The zero-order valence-electron chi connectivity index (χ0n) is 7.98. The van der Waals surface area contributed by atoms with Crippen LogP contribution in [-0.2, 0) is 4.74 Å². The van der Waals surface area contributed by atoms with Gasteiger partial charge in [0.2, 0.25) is 0 Å². The maximum absolute atomic E-state index is 4.80. The van der Waals surface area contributed by atoms with E-state index in [4.69, 9.17) is 4.74 Å². The highest BCUT2D eigenvalue weighted by Gasteiger charge is 2.04. The Labute approximate surface area is 80.2 Å². The Morgan fingerprint density at radius 2 is 2.00 bits per heavy atom. The standard InChI is InChI=1S/C6H11N.C5H6O/c1-2-7-5-3-4-6-7;1-2-4-6-5-3-1/h2H,1,3-6H2;1-4H,5H2. The highest BCUT2D eigenvalue weighted by atomic mass is 16.5. The fourth-order valence-corrected chi connectivity index (χ4v) is 1.27. The quantitative estimate of drug-likeness (QED) is 0.612. The number of rotatable bonds is 1. The fraction of sp³-hybridized carbons (Fsp3) is 0.455. The molecule has 0 spiro atoms. The number of hydrogen-bond donors (Lipinski definition) is 0. The van der Waals surface area contributed by atoms with E-state index >= 15 is 0 Å². The van der Waals surface area contributed by atoms with Gasteiger partial charge in [-0.05, 0) is 31.2 Å². The molecule has 2 nitrogen and oxygen atoms in total. The lowest BCUT2D eigenvalue weighted by molar-refractivity contribution is 0.286. The second-order valence-electron chi connectivity index (χ2n) is 3.02. The third-order valence-corrected chi connectivity index (χ3v) is 2.01. The van der Waals surface area contributed by atoms with E-state index in [2.05, 4.69) is 11.5 Å². The molecule has 2 aliphatic heterocycles. The van der Waals surface area contributed by atoms with Gasteiger partial charge in [-0.2, -0.15) is 0 Å². The molecule has 0 amide bonds. The molecule has 0 aromatic heterocycles. The first-order valence-electron chi connectivity index (χ1n) is 4.73. The number of ether oxygens (including phenoxy) is 1. The summed E-state index contributed by atoms with van der Waals surface area (Å²) in [7, 11) is 0. The average Bonchev–Trinajstić information content (AvgIpc) is 2.74. The van der Waals surface area contributed by atoms with Crippen LogP contribution in [0.3, 0.4) is 0 Å². The van der Waals surface area contributed by atoms with Gasteiger partial charge in [0.15, 0.2) is 0 Å². The summed E-state index contributed by atoms with van der Waals surface area (Å²) in [6.45, 7) is 6.85. The molecule has 0 bridgehead atoms. The van der Waals surface area contributed by atoms with Crippen molar-refractivity contribution in [2.75, 3.05) is 19.7 Å². The van der Waals surface area contributed by atoms with Gasteiger partial charge in [0.1, 0.15) is 6.61 Å². The Balaban J connectivity index is 0.000000132. The maximum Gasteiger partial charge on any atom is 0.106 e. The molecule has 2 heteroatoms. The predicted octanol–water partition coefficient (Wildman–Crippen LogP) is 2.31. The lowest BCUT2D eigenvalue weighted by Gasteiger charge is -2.07. The molecule has 1 fully saturated rings. The number of likely N-dealkylation sites (tertiary alicyclic amines) is 1. The van der Waals surface area contributed by atoms with E-state index in [9.17, 15) is 0 Å². The van der Waals surface area contributed by atoms with E-state index < -0.39 is 0 Å². The van der Waals surface area contributed by atoms with E-state index in [1.54, 1.807) is 6.26 Å². The van der Waals surface area contributed by atoms with Crippen molar-refractivity contribution in [3.05, 3.63) is 37.3 Å². The average molecular weight is 179 g/mol. The molecule has 2 rings (SSSR count). The first-order chi connectivity index (χ1) is 6.43. The van der Waals surface area contributed by atoms with Crippen LogP contribution in [0.4, 0.5) is 0 Å². The van der Waals surface area contributed by atoms with Crippen molar-refractivity contribution in [2.45, 2.75) is 12.8 Å². The topological polar surface area (TPSA) is 12.5 Å². The summed E-state index contributed by atoms with van der Waals surface area (Å²) in [4.78, 5) is 2.25. The maximum atomic E-state index is 4.80. The van der Waals surface area contributed by atoms with E-state index in [1.807, 2.05) is 24.4 Å². The Hall–Kier alpha value is -1.18. The van der Waals surface area contributed by atoms with Gasteiger partial charge in [0.05, 0.1) is 6.26 Å². The van der Waals surface area contributed by atoms with Crippen LogP contribution in [0.2, 0.25) is 0 Å². The summed E-state index contributed by atoms with van der Waals surface area (Å²) in [6, 6.07) is 0. The molecule has 2 aliphatic rings. The summed E-state index contributed by atoms with van der Waals surface area (Å²) in [5, 5.41) is 0. The van der Waals surface area contributed by atoms with E-state index in [-0.39, 0.29) is 0 Å². The molecule has 2 heterocycles. The van der Waals surface area contributed by atoms with Crippen molar-refractivity contribution < 1.29 is 4.74 Å². The molecule has 0 aliphatic carbocycles. The van der Waals surface area contributed by atoms with Crippen molar-refractivity contribution in [1.29, 1.82) is 0 Å². The normalized spacial score (nSPS) is 18.9. The lowest BCUT2D eigenvalue weighted by atomic mass is 10.4. The van der Waals surface area contributed by atoms with Gasteiger partial charge in [0, 0.05) is 13.1 Å². The van der Waals surface area contributed by atoms with Crippen molar-refractivity contribution in [2.24, 2.45) is 0 Å². The minimum atomic E-state index is 0.733. The Kier molecular flexibility index (Phi) is 4.84. The van der Waals surface area contributed by atoms with Crippen LogP contribution in [-0.4, -0.2) is 24.6 Å². The van der Waals surface area contributed by atoms with Crippen LogP contribution in [0.1, 0.15) is 12.8 Å². The molecular weight excluding hydrogens is 162 g/mol. The molecule has 1 saturated heterocycles. The number of allylic oxidation sites excluding steroid dienone is 2.